The Bertz CT molecular complexity index is 1240. The predicted octanol–water partition coefficient (Wildman–Crippen LogP) is 3.13. The first-order valence-electron chi connectivity index (χ1n) is 9.18. The molecule has 0 radical (unpaired) electrons. The molecule has 3 heterocycles. The number of nitrogens with one attached hydrogen (secondary N) is 4. The number of anilines is 3. The zero-order chi connectivity index (χ0) is 20.8. The van der Waals surface area contributed by atoms with Gasteiger partial charge in [0.1, 0.15) is 23.1 Å². The van der Waals surface area contributed by atoms with E-state index in [0.29, 0.717) is 33.4 Å². The molecule has 1 aliphatic heterocycles. The van der Waals surface area contributed by atoms with Gasteiger partial charge < -0.3 is 16.0 Å². The summed E-state index contributed by atoms with van der Waals surface area (Å²) in [6.45, 7) is 0. The van der Waals surface area contributed by atoms with Gasteiger partial charge in [-0.2, -0.15) is 9.61 Å². The Morgan fingerprint density at radius 1 is 1.23 bits per heavy atom. The van der Waals surface area contributed by atoms with Gasteiger partial charge in [0, 0.05) is 22.1 Å². The van der Waals surface area contributed by atoms with Crippen molar-refractivity contribution in [1.82, 2.24) is 25.2 Å². The molecule has 4 N–H and O–H groups in total. The monoisotopic (exact) mass is 471 g/mol. The van der Waals surface area contributed by atoms with Crippen molar-refractivity contribution in [3.05, 3.63) is 52.0 Å². The average molecular weight is 472 g/mol. The number of urea groups is 1. The molecule has 5 rings (SSSR count). The maximum Gasteiger partial charge on any atom is 0.326 e. The molecule has 152 valence electrons. The van der Waals surface area contributed by atoms with Crippen LogP contribution in [0.25, 0.3) is 11.7 Å². The van der Waals surface area contributed by atoms with Gasteiger partial charge in [-0.05, 0) is 37.1 Å². The van der Waals surface area contributed by atoms with Crippen LogP contribution in [0.2, 0.25) is 0 Å². The van der Waals surface area contributed by atoms with E-state index in [0.717, 1.165) is 12.8 Å². The van der Waals surface area contributed by atoms with Crippen molar-refractivity contribution in [3.8, 4) is 0 Å². The molecule has 1 saturated heterocycles. The smallest absolute Gasteiger partial charge is 0.326 e. The number of nitrogens with zero attached hydrogens (tertiary/aromatic N) is 3. The van der Waals surface area contributed by atoms with E-state index in [1.54, 1.807) is 28.9 Å². The summed E-state index contributed by atoms with van der Waals surface area (Å²) in [4.78, 5) is 27.8. The maximum absolute atomic E-state index is 14.3. The van der Waals surface area contributed by atoms with Crippen LogP contribution in [0.5, 0.6) is 0 Å². The molecule has 0 atom stereocenters. The largest absolute Gasteiger partial charge is 0.367 e. The van der Waals surface area contributed by atoms with E-state index in [1.807, 2.05) is 0 Å². The van der Waals surface area contributed by atoms with Crippen molar-refractivity contribution >= 4 is 56.9 Å². The van der Waals surface area contributed by atoms with Gasteiger partial charge in [0.05, 0.1) is 11.9 Å². The van der Waals surface area contributed by atoms with E-state index in [9.17, 15) is 14.0 Å². The number of hydrogen-bond donors (Lipinski definition) is 4. The first-order valence-corrected chi connectivity index (χ1v) is 9.97. The number of imide groups is 1. The molecule has 0 bridgehead atoms. The molecule has 30 heavy (non-hydrogen) atoms. The number of hydrogen-bond acceptors (Lipinski definition) is 6. The summed E-state index contributed by atoms with van der Waals surface area (Å²) in [5.74, 6) is 0.143. The Morgan fingerprint density at radius 2 is 2.07 bits per heavy atom. The van der Waals surface area contributed by atoms with Crippen LogP contribution in [-0.2, 0) is 4.79 Å². The third-order valence-corrected chi connectivity index (χ3v) is 5.14. The molecule has 3 aromatic rings. The highest BCUT2D eigenvalue weighted by Gasteiger charge is 2.25. The van der Waals surface area contributed by atoms with Crippen molar-refractivity contribution in [2.75, 3.05) is 10.6 Å². The Morgan fingerprint density at radius 3 is 2.77 bits per heavy atom. The SMILES string of the molecule is O=C1NC(=O)/C(=C/c2cnn3c(NC4CC4)cc(Nc4ccc(Br)cc4F)nc23)N1. The minimum absolute atomic E-state index is 0.103. The summed E-state index contributed by atoms with van der Waals surface area (Å²) in [5.41, 5.74) is 1.35. The van der Waals surface area contributed by atoms with Crippen LogP contribution < -0.4 is 21.3 Å². The third kappa shape index (κ3) is 3.59. The van der Waals surface area contributed by atoms with Gasteiger partial charge in [0.15, 0.2) is 5.65 Å². The highest BCUT2D eigenvalue weighted by Crippen LogP contribution is 2.29. The van der Waals surface area contributed by atoms with E-state index >= 15 is 0 Å². The number of carbonyl (C=O) groups excluding carboxylic acids is 2. The van der Waals surface area contributed by atoms with Crippen molar-refractivity contribution in [3.63, 3.8) is 0 Å². The van der Waals surface area contributed by atoms with Crippen molar-refractivity contribution in [2.24, 2.45) is 0 Å². The van der Waals surface area contributed by atoms with E-state index in [-0.39, 0.29) is 11.4 Å². The first-order chi connectivity index (χ1) is 14.5. The van der Waals surface area contributed by atoms with Gasteiger partial charge in [-0.25, -0.2) is 14.2 Å². The van der Waals surface area contributed by atoms with Gasteiger partial charge in [0.25, 0.3) is 5.91 Å². The molecule has 2 aliphatic rings. The number of rotatable bonds is 5. The molecule has 3 amide bonds. The van der Waals surface area contributed by atoms with Crippen LogP contribution in [0, 0.1) is 5.82 Å². The molecule has 2 aromatic heterocycles. The van der Waals surface area contributed by atoms with Crippen LogP contribution in [0.1, 0.15) is 18.4 Å². The third-order valence-electron chi connectivity index (χ3n) is 4.64. The van der Waals surface area contributed by atoms with Crippen LogP contribution in [0.4, 0.5) is 26.5 Å². The molecule has 1 saturated carbocycles. The molecule has 2 fully saturated rings. The van der Waals surface area contributed by atoms with Crippen LogP contribution in [-0.4, -0.2) is 32.6 Å². The van der Waals surface area contributed by atoms with Crippen molar-refractivity contribution in [1.29, 1.82) is 0 Å². The van der Waals surface area contributed by atoms with E-state index in [4.69, 9.17) is 0 Å². The number of carbonyl (C=O) groups is 2. The lowest BCUT2D eigenvalue weighted by Crippen LogP contribution is -2.22. The van der Waals surface area contributed by atoms with E-state index in [2.05, 4.69) is 47.3 Å². The number of fused-ring (bicyclic) bond motifs is 1. The lowest BCUT2D eigenvalue weighted by Gasteiger charge is -2.12. The van der Waals surface area contributed by atoms with Crippen LogP contribution >= 0.6 is 15.9 Å². The normalized spacial score (nSPS) is 17.3. The minimum atomic E-state index is -0.583. The first kappa shape index (κ1) is 18.6. The molecule has 1 aliphatic carbocycles. The molecule has 11 heteroatoms. The summed E-state index contributed by atoms with van der Waals surface area (Å²) < 4.78 is 16.5. The Hall–Kier alpha value is -3.47. The molecule has 0 unspecified atom stereocenters. The molecule has 9 nitrogen and oxygen atoms in total. The highest BCUT2D eigenvalue weighted by molar-refractivity contribution is 9.10. The zero-order valence-corrected chi connectivity index (χ0v) is 17.0. The second-order valence-electron chi connectivity index (χ2n) is 7.00. The van der Waals surface area contributed by atoms with Gasteiger partial charge >= 0.3 is 6.03 Å². The van der Waals surface area contributed by atoms with Gasteiger partial charge in [-0.3, -0.25) is 10.1 Å². The van der Waals surface area contributed by atoms with E-state index < -0.39 is 17.8 Å². The average Bonchev–Trinajstić information content (AvgIpc) is 3.33. The fraction of sp³-hybridized carbons (Fsp3) is 0.158. The van der Waals surface area contributed by atoms with Gasteiger partial charge in [0.2, 0.25) is 0 Å². The predicted molar refractivity (Wildman–Crippen MR) is 112 cm³/mol. The summed E-state index contributed by atoms with van der Waals surface area (Å²) in [6.07, 6.45) is 5.16. The lowest BCUT2D eigenvalue weighted by atomic mass is 10.2. The maximum atomic E-state index is 14.3. The fourth-order valence-corrected chi connectivity index (χ4v) is 3.39. The lowest BCUT2D eigenvalue weighted by molar-refractivity contribution is -0.115. The quantitative estimate of drug-likeness (QED) is 0.336. The van der Waals surface area contributed by atoms with Gasteiger partial charge in [-0.1, -0.05) is 15.9 Å². The van der Waals surface area contributed by atoms with Crippen molar-refractivity contribution < 1.29 is 14.0 Å². The Labute approximate surface area is 177 Å². The van der Waals surface area contributed by atoms with E-state index in [1.165, 1.54) is 12.1 Å². The van der Waals surface area contributed by atoms with Crippen molar-refractivity contribution in [2.45, 2.75) is 18.9 Å². The Kier molecular flexibility index (Phi) is 4.39. The molecular formula is C19H15BrFN7O2. The number of amides is 3. The van der Waals surface area contributed by atoms with Gasteiger partial charge in [-0.15, -0.1) is 0 Å². The second-order valence-corrected chi connectivity index (χ2v) is 7.91. The number of halogens is 2. The standard InChI is InChI=1S/C19H15BrFN7O2/c20-10-1-4-13(12(21)6-10)24-15-7-16(23-11-2-3-11)28-17(26-15)9(8-22-28)5-14-18(29)27-19(30)25-14/h1,4-8,11,23H,2-3H2,(H,24,26)(H2,25,27,29,30)/b14-5-. The fourth-order valence-electron chi connectivity index (χ4n) is 3.05. The number of benzene rings is 1. The molecular weight excluding hydrogens is 457 g/mol. The zero-order valence-electron chi connectivity index (χ0n) is 15.4. The number of aromatic nitrogens is 3. The molecule has 0 spiro atoms. The second kappa shape index (κ2) is 7.10. The summed E-state index contributed by atoms with van der Waals surface area (Å²) in [6, 6.07) is 6.21. The summed E-state index contributed by atoms with van der Waals surface area (Å²) >= 11 is 3.24. The summed E-state index contributed by atoms with van der Waals surface area (Å²) in [5, 5.41) is 15.3. The van der Waals surface area contributed by atoms with Crippen LogP contribution in [0.15, 0.2) is 40.6 Å². The summed E-state index contributed by atoms with van der Waals surface area (Å²) in [7, 11) is 0. The highest BCUT2D eigenvalue weighted by atomic mass is 79.9. The molecule has 1 aromatic carbocycles. The van der Waals surface area contributed by atoms with Crippen LogP contribution in [0.3, 0.4) is 0 Å². The minimum Gasteiger partial charge on any atom is -0.367 e. The Balaban J connectivity index is 1.58. The topological polar surface area (TPSA) is 112 Å².